The molecule has 2 heterocycles. The van der Waals surface area contributed by atoms with E-state index in [0.29, 0.717) is 13.2 Å². The van der Waals surface area contributed by atoms with Crippen molar-refractivity contribution in [2.24, 2.45) is 5.73 Å². The lowest BCUT2D eigenvalue weighted by Crippen LogP contribution is -2.38. The van der Waals surface area contributed by atoms with Gasteiger partial charge in [0, 0.05) is 37.6 Å². The van der Waals surface area contributed by atoms with Crippen molar-refractivity contribution in [1.82, 2.24) is 9.97 Å². The van der Waals surface area contributed by atoms with Crippen LogP contribution in [0, 0.1) is 0 Å². The van der Waals surface area contributed by atoms with Crippen molar-refractivity contribution in [3.05, 3.63) is 18.0 Å². The predicted molar refractivity (Wildman–Crippen MR) is 68.2 cm³/mol. The van der Waals surface area contributed by atoms with Gasteiger partial charge in [0.05, 0.1) is 19.3 Å². The van der Waals surface area contributed by atoms with Crippen LogP contribution < -0.4 is 10.6 Å². The lowest BCUT2D eigenvalue weighted by Gasteiger charge is -2.31. The Balaban J connectivity index is 1.84. The van der Waals surface area contributed by atoms with Gasteiger partial charge in [-0.2, -0.15) is 0 Å². The molecule has 6 nitrogen and oxygen atoms in total. The maximum atomic E-state index is 8.71. The molecule has 0 radical (unpaired) electrons. The maximum absolute atomic E-state index is 8.71. The third-order valence-electron chi connectivity index (χ3n) is 3.10. The Morgan fingerprint density at radius 2 is 2.00 bits per heavy atom. The first kappa shape index (κ1) is 13.2. The van der Waals surface area contributed by atoms with Crippen LogP contribution in [0.25, 0.3) is 0 Å². The summed E-state index contributed by atoms with van der Waals surface area (Å²) in [4.78, 5) is 10.8. The molecule has 1 saturated heterocycles. The molecule has 0 bridgehead atoms. The van der Waals surface area contributed by atoms with E-state index in [1.54, 1.807) is 12.4 Å². The SMILES string of the molecule is NCc1cnc(N2CCC(OCCO)CC2)nc1. The summed E-state index contributed by atoms with van der Waals surface area (Å²) in [5.74, 6) is 0.757. The number of anilines is 1. The number of aromatic nitrogens is 2. The van der Waals surface area contributed by atoms with E-state index in [9.17, 15) is 0 Å². The molecule has 1 fully saturated rings. The van der Waals surface area contributed by atoms with Gasteiger partial charge in [0.1, 0.15) is 0 Å². The Morgan fingerprint density at radius 1 is 1.33 bits per heavy atom. The van der Waals surface area contributed by atoms with Crippen molar-refractivity contribution in [2.75, 3.05) is 31.2 Å². The maximum Gasteiger partial charge on any atom is 0.225 e. The second-order valence-electron chi connectivity index (χ2n) is 4.38. The quantitative estimate of drug-likeness (QED) is 0.762. The summed E-state index contributed by atoms with van der Waals surface area (Å²) in [6.45, 7) is 2.75. The number of piperidine rings is 1. The van der Waals surface area contributed by atoms with Crippen LogP contribution in [0.4, 0.5) is 5.95 Å². The summed E-state index contributed by atoms with van der Waals surface area (Å²) in [6.07, 6.45) is 5.69. The fourth-order valence-corrected chi connectivity index (χ4v) is 2.06. The Bertz CT molecular complexity index is 350. The molecule has 0 spiro atoms. The number of hydrogen-bond donors (Lipinski definition) is 2. The first-order valence-corrected chi connectivity index (χ1v) is 6.32. The normalized spacial score (nSPS) is 17.1. The van der Waals surface area contributed by atoms with Crippen molar-refractivity contribution < 1.29 is 9.84 Å². The lowest BCUT2D eigenvalue weighted by molar-refractivity contribution is 0.0157. The second kappa shape index (κ2) is 6.63. The third-order valence-corrected chi connectivity index (χ3v) is 3.10. The van der Waals surface area contributed by atoms with Gasteiger partial charge in [0.2, 0.25) is 5.95 Å². The Labute approximate surface area is 107 Å². The third kappa shape index (κ3) is 3.38. The van der Waals surface area contributed by atoms with Gasteiger partial charge >= 0.3 is 0 Å². The molecule has 0 saturated carbocycles. The van der Waals surface area contributed by atoms with E-state index in [2.05, 4.69) is 14.9 Å². The summed E-state index contributed by atoms with van der Waals surface area (Å²) >= 11 is 0. The van der Waals surface area contributed by atoms with E-state index < -0.39 is 0 Å². The summed E-state index contributed by atoms with van der Waals surface area (Å²) in [5.41, 5.74) is 6.46. The number of rotatable bonds is 5. The number of nitrogens with zero attached hydrogens (tertiary/aromatic N) is 3. The highest BCUT2D eigenvalue weighted by molar-refractivity contribution is 5.30. The van der Waals surface area contributed by atoms with E-state index in [4.69, 9.17) is 15.6 Å². The van der Waals surface area contributed by atoms with Gasteiger partial charge in [-0.05, 0) is 12.8 Å². The number of aliphatic hydroxyl groups excluding tert-OH is 1. The standard InChI is InChI=1S/C12H20N4O2/c13-7-10-8-14-12(15-9-10)16-3-1-11(2-4-16)18-6-5-17/h8-9,11,17H,1-7,13H2. The molecule has 0 amide bonds. The molecule has 0 atom stereocenters. The van der Waals surface area contributed by atoms with Crippen molar-refractivity contribution in [2.45, 2.75) is 25.5 Å². The highest BCUT2D eigenvalue weighted by Gasteiger charge is 2.21. The molecule has 6 heteroatoms. The van der Waals surface area contributed by atoms with Crippen LogP contribution in [0.5, 0.6) is 0 Å². The molecule has 18 heavy (non-hydrogen) atoms. The van der Waals surface area contributed by atoms with E-state index in [-0.39, 0.29) is 12.7 Å². The minimum Gasteiger partial charge on any atom is -0.394 e. The van der Waals surface area contributed by atoms with E-state index in [1.807, 2.05) is 0 Å². The Morgan fingerprint density at radius 3 is 2.56 bits per heavy atom. The van der Waals surface area contributed by atoms with Gasteiger partial charge in [-0.25, -0.2) is 9.97 Å². The number of ether oxygens (including phenoxy) is 1. The average molecular weight is 252 g/mol. The predicted octanol–water partition coefficient (Wildman–Crippen LogP) is -0.0870. The zero-order valence-corrected chi connectivity index (χ0v) is 10.5. The molecule has 0 aromatic carbocycles. The van der Waals surface area contributed by atoms with Crippen molar-refractivity contribution in [3.63, 3.8) is 0 Å². The lowest BCUT2D eigenvalue weighted by atomic mass is 10.1. The summed E-state index contributed by atoms with van der Waals surface area (Å²) in [6, 6.07) is 0. The van der Waals surface area contributed by atoms with Crippen molar-refractivity contribution in [1.29, 1.82) is 0 Å². The van der Waals surface area contributed by atoms with Crippen LogP contribution in [0.3, 0.4) is 0 Å². The smallest absolute Gasteiger partial charge is 0.225 e. The van der Waals surface area contributed by atoms with Crippen molar-refractivity contribution >= 4 is 5.95 Å². The zero-order valence-electron chi connectivity index (χ0n) is 10.5. The second-order valence-corrected chi connectivity index (χ2v) is 4.38. The van der Waals surface area contributed by atoms with Gasteiger partial charge in [-0.3, -0.25) is 0 Å². The minimum atomic E-state index is 0.0872. The molecule has 100 valence electrons. The molecule has 1 aromatic heterocycles. The van der Waals surface area contributed by atoms with E-state index >= 15 is 0 Å². The molecule has 1 aromatic rings. The van der Waals surface area contributed by atoms with Crippen LogP contribution in [0.1, 0.15) is 18.4 Å². The molecule has 2 rings (SSSR count). The number of nitrogens with two attached hydrogens (primary N) is 1. The first-order valence-electron chi connectivity index (χ1n) is 6.32. The number of hydrogen-bond acceptors (Lipinski definition) is 6. The van der Waals surface area contributed by atoms with Gasteiger partial charge < -0.3 is 20.5 Å². The van der Waals surface area contributed by atoms with Crippen LogP contribution in [0.15, 0.2) is 12.4 Å². The molecule has 0 aliphatic carbocycles. The summed E-state index contributed by atoms with van der Waals surface area (Å²) < 4.78 is 5.52. The average Bonchev–Trinajstić information content (AvgIpc) is 2.46. The van der Waals surface area contributed by atoms with Crippen LogP contribution in [-0.2, 0) is 11.3 Å². The first-order chi connectivity index (χ1) is 8.83. The minimum absolute atomic E-state index is 0.0872. The fourth-order valence-electron chi connectivity index (χ4n) is 2.06. The van der Waals surface area contributed by atoms with Crippen LogP contribution in [-0.4, -0.2) is 47.5 Å². The Kier molecular flexibility index (Phi) is 4.86. The largest absolute Gasteiger partial charge is 0.394 e. The summed E-state index contributed by atoms with van der Waals surface area (Å²) in [5, 5.41) is 8.71. The molecular formula is C12H20N4O2. The summed E-state index contributed by atoms with van der Waals surface area (Å²) in [7, 11) is 0. The molecule has 0 unspecified atom stereocenters. The molecule has 1 aliphatic heterocycles. The Hall–Kier alpha value is -1.24. The highest BCUT2D eigenvalue weighted by Crippen LogP contribution is 2.17. The van der Waals surface area contributed by atoms with Crippen molar-refractivity contribution in [3.8, 4) is 0 Å². The molecule has 3 N–H and O–H groups in total. The van der Waals surface area contributed by atoms with Gasteiger partial charge in [-0.15, -0.1) is 0 Å². The van der Waals surface area contributed by atoms with E-state index in [1.165, 1.54) is 0 Å². The van der Waals surface area contributed by atoms with Gasteiger partial charge in [-0.1, -0.05) is 0 Å². The van der Waals surface area contributed by atoms with Gasteiger partial charge in [0.25, 0.3) is 0 Å². The van der Waals surface area contributed by atoms with Crippen LogP contribution in [0.2, 0.25) is 0 Å². The fraction of sp³-hybridized carbons (Fsp3) is 0.667. The van der Waals surface area contributed by atoms with Crippen LogP contribution >= 0.6 is 0 Å². The van der Waals surface area contributed by atoms with Gasteiger partial charge in [0.15, 0.2) is 0 Å². The molecular weight excluding hydrogens is 232 g/mol. The monoisotopic (exact) mass is 252 g/mol. The van der Waals surface area contributed by atoms with E-state index in [0.717, 1.165) is 37.4 Å². The highest BCUT2D eigenvalue weighted by atomic mass is 16.5. The zero-order chi connectivity index (χ0) is 12.8. The molecule has 1 aliphatic rings. The number of aliphatic hydroxyl groups is 1. The topological polar surface area (TPSA) is 84.5 Å².